The highest BCUT2D eigenvalue weighted by atomic mass is 16.7. The Morgan fingerprint density at radius 2 is 0.818 bits per heavy atom. The summed E-state index contributed by atoms with van der Waals surface area (Å²) >= 11 is 0. The molecule has 1 rings (SSSR count). The summed E-state index contributed by atoms with van der Waals surface area (Å²) in [7, 11) is 0. The molecular weight excluding hydrogens is 973 g/mol. The van der Waals surface area contributed by atoms with E-state index < -0.39 is 67.3 Å². The maximum Gasteiger partial charge on any atom is 0.335 e. The Bertz CT molecular complexity index is 1520. The number of hydrogen-bond acceptors (Lipinski definition) is 11. The van der Waals surface area contributed by atoms with Crippen LogP contribution < -0.4 is 0 Å². The quantitative estimate of drug-likeness (QED) is 0.0228. The molecule has 1 heterocycles. The number of aliphatic carboxylic acids is 1. The number of carboxylic acid groups (broad SMARTS) is 1. The van der Waals surface area contributed by atoms with Gasteiger partial charge in [0.25, 0.3) is 0 Å². The normalized spacial score (nSPS) is 18.3. The van der Waals surface area contributed by atoms with Gasteiger partial charge in [0.1, 0.15) is 18.8 Å². The highest BCUT2D eigenvalue weighted by Gasteiger charge is 2.50. The van der Waals surface area contributed by atoms with Gasteiger partial charge in [0.15, 0.2) is 24.6 Å². The van der Waals surface area contributed by atoms with E-state index in [0.29, 0.717) is 19.3 Å². The smallest absolute Gasteiger partial charge is 0.335 e. The summed E-state index contributed by atoms with van der Waals surface area (Å²) in [6, 6.07) is 0. The molecule has 6 unspecified atom stereocenters. The number of esters is 3. The fraction of sp³-hybridized carbons (Fsp3) is 0.815. The van der Waals surface area contributed by atoms with E-state index in [1.807, 2.05) is 0 Å². The molecule has 12 nitrogen and oxygen atoms in total. The summed E-state index contributed by atoms with van der Waals surface area (Å²) in [6.07, 6.45) is 52.1. The van der Waals surface area contributed by atoms with Crippen LogP contribution in [0.15, 0.2) is 48.6 Å². The molecule has 1 saturated heterocycles. The van der Waals surface area contributed by atoms with Gasteiger partial charge in [-0.1, -0.05) is 262 Å². The van der Waals surface area contributed by atoms with Gasteiger partial charge in [0.05, 0.1) is 6.61 Å². The number of hydrogen-bond donors (Lipinski definition) is 3. The maximum atomic E-state index is 13.2. The van der Waals surface area contributed by atoms with E-state index >= 15 is 0 Å². The topological polar surface area (TPSA) is 175 Å². The minimum Gasteiger partial charge on any atom is -0.479 e. The van der Waals surface area contributed by atoms with Crippen LogP contribution in [0.5, 0.6) is 0 Å². The number of carbonyl (C=O) groups excluding carboxylic acids is 3. The highest BCUT2D eigenvalue weighted by molar-refractivity contribution is 5.74. The first-order valence-electron chi connectivity index (χ1n) is 31.6. The van der Waals surface area contributed by atoms with Gasteiger partial charge in [-0.2, -0.15) is 0 Å². The van der Waals surface area contributed by atoms with Crippen molar-refractivity contribution >= 4 is 23.9 Å². The number of ether oxygens (including phenoxy) is 5. The summed E-state index contributed by atoms with van der Waals surface area (Å²) < 4.78 is 28.5. The SMILES string of the molecule is CC/C=C\C/C=C\C/C=C\C/C=C\CCCCCCCCC(=O)OC1C(OCC(COC(=O)CCCCCCCCCCCCCCCCC)OC(=O)CCCCCCCCCCCCCCC)OC(C(=O)O)C(O)C1O. The summed E-state index contributed by atoms with van der Waals surface area (Å²) in [5.74, 6) is -3.11. The third-order valence-electron chi connectivity index (χ3n) is 14.4. The number of aliphatic hydroxyl groups is 2. The Morgan fingerprint density at radius 1 is 0.442 bits per heavy atom. The van der Waals surface area contributed by atoms with Gasteiger partial charge >= 0.3 is 23.9 Å². The highest BCUT2D eigenvalue weighted by Crippen LogP contribution is 2.27. The van der Waals surface area contributed by atoms with Gasteiger partial charge in [-0.3, -0.25) is 14.4 Å². The van der Waals surface area contributed by atoms with E-state index in [1.54, 1.807) is 0 Å². The minimum atomic E-state index is -1.91. The van der Waals surface area contributed by atoms with Gasteiger partial charge in [0, 0.05) is 19.3 Å². The molecule has 0 spiro atoms. The van der Waals surface area contributed by atoms with Crippen LogP contribution in [0.25, 0.3) is 0 Å². The van der Waals surface area contributed by atoms with Gasteiger partial charge in [-0.25, -0.2) is 4.79 Å². The lowest BCUT2D eigenvalue weighted by Gasteiger charge is -2.40. The molecule has 1 aliphatic rings. The Balaban J connectivity index is 2.65. The zero-order valence-corrected chi connectivity index (χ0v) is 49.2. The van der Waals surface area contributed by atoms with Gasteiger partial charge < -0.3 is 39.0 Å². The number of carbonyl (C=O) groups is 4. The van der Waals surface area contributed by atoms with Gasteiger partial charge in [-0.15, -0.1) is 0 Å². The maximum absolute atomic E-state index is 13.2. The first-order valence-corrected chi connectivity index (χ1v) is 31.6. The van der Waals surface area contributed by atoms with Crippen LogP contribution in [0, 0.1) is 0 Å². The van der Waals surface area contributed by atoms with E-state index in [2.05, 4.69) is 69.4 Å². The van der Waals surface area contributed by atoms with Crippen LogP contribution in [0.1, 0.15) is 290 Å². The second-order valence-electron chi connectivity index (χ2n) is 21.7. The summed E-state index contributed by atoms with van der Waals surface area (Å²) in [5, 5.41) is 31.5. The molecule has 6 atom stereocenters. The Kier molecular flexibility index (Phi) is 49.7. The van der Waals surface area contributed by atoms with E-state index in [9.17, 15) is 34.5 Å². The van der Waals surface area contributed by atoms with Crippen LogP contribution in [0.2, 0.25) is 0 Å². The third-order valence-corrected chi connectivity index (χ3v) is 14.4. The molecule has 0 bridgehead atoms. The first-order chi connectivity index (χ1) is 37.6. The zero-order chi connectivity index (χ0) is 56.1. The van der Waals surface area contributed by atoms with Crippen molar-refractivity contribution in [2.45, 2.75) is 327 Å². The lowest BCUT2D eigenvalue weighted by atomic mass is 9.98. The van der Waals surface area contributed by atoms with Crippen molar-refractivity contribution < 1.29 is 58.2 Å². The lowest BCUT2D eigenvalue weighted by molar-refractivity contribution is -0.301. The zero-order valence-electron chi connectivity index (χ0n) is 49.2. The summed E-state index contributed by atoms with van der Waals surface area (Å²) in [5.41, 5.74) is 0. The average Bonchev–Trinajstić information content (AvgIpc) is 3.42. The number of aliphatic hydroxyl groups excluding tert-OH is 2. The van der Waals surface area contributed by atoms with Crippen molar-refractivity contribution in [1.29, 1.82) is 0 Å². The van der Waals surface area contributed by atoms with Crippen molar-refractivity contribution in [3.63, 3.8) is 0 Å². The fourth-order valence-corrected chi connectivity index (χ4v) is 9.60. The van der Waals surface area contributed by atoms with Crippen molar-refractivity contribution in [2.75, 3.05) is 13.2 Å². The largest absolute Gasteiger partial charge is 0.479 e. The Labute approximate surface area is 469 Å². The van der Waals surface area contributed by atoms with Crippen LogP contribution >= 0.6 is 0 Å². The van der Waals surface area contributed by atoms with Gasteiger partial charge in [0.2, 0.25) is 0 Å². The van der Waals surface area contributed by atoms with Crippen LogP contribution in [0.3, 0.4) is 0 Å². The molecule has 3 N–H and O–H groups in total. The third kappa shape index (κ3) is 43.2. The van der Waals surface area contributed by atoms with E-state index in [4.69, 9.17) is 23.7 Å². The molecule has 1 aliphatic heterocycles. The summed E-state index contributed by atoms with van der Waals surface area (Å²) in [6.45, 7) is 5.91. The van der Waals surface area contributed by atoms with E-state index in [-0.39, 0.29) is 25.9 Å². The monoisotopic (exact) mass is 1090 g/mol. The second-order valence-corrected chi connectivity index (χ2v) is 21.7. The molecule has 446 valence electrons. The fourth-order valence-electron chi connectivity index (χ4n) is 9.60. The van der Waals surface area contributed by atoms with Crippen molar-refractivity contribution in [2.24, 2.45) is 0 Å². The standard InChI is InChI=1S/C65H114O12/c1-4-7-10-13-16-19-22-25-27-28-29-30-32-35-38-41-44-47-50-53-59(68)76-63-61(70)60(69)62(64(71)72)77-65(63)74-55-56(75-58(67)52-49-46-43-40-37-33-24-21-18-15-12-9-6-3)54-73-57(66)51-48-45-42-39-36-34-31-26-23-20-17-14-11-8-5-2/h7,10,16,19,25,27,29-30,56,60-63,65,69-70H,4-6,8-9,11-15,17-18,20-24,26,28,31-55H2,1-3H3,(H,71,72)/b10-7-,19-16-,27-25-,30-29-. The minimum absolute atomic E-state index is 0.0467. The average molecular weight is 1090 g/mol. The Morgan fingerprint density at radius 3 is 1.25 bits per heavy atom. The molecule has 12 heteroatoms. The number of unbranched alkanes of at least 4 members (excludes halogenated alkanes) is 32. The molecule has 0 amide bonds. The molecule has 1 fully saturated rings. The molecule has 0 aromatic carbocycles. The lowest BCUT2D eigenvalue weighted by Crippen LogP contribution is -2.61. The molecule has 0 aromatic heterocycles. The van der Waals surface area contributed by atoms with Crippen molar-refractivity contribution in [3.8, 4) is 0 Å². The number of rotatable bonds is 54. The second kappa shape index (κ2) is 53.3. The molecule has 0 radical (unpaired) electrons. The van der Waals surface area contributed by atoms with E-state index in [1.165, 1.54) is 128 Å². The molecule has 0 aromatic rings. The number of carboxylic acids is 1. The van der Waals surface area contributed by atoms with Crippen molar-refractivity contribution in [1.82, 2.24) is 0 Å². The predicted molar refractivity (Wildman–Crippen MR) is 312 cm³/mol. The molecule has 0 aliphatic carbocycles. The van der Waals surface area contributed by atoms with Gasteiger partial charge in [-0.05, 0) is 57.8 Å². The molecule has 0 saturated carbocycles. The number of allylic oxidation sites excluding steroid dienone is 8. The van der Waals surface area contributed by atoms with Crippen molar-refractivity contribution in [3.05, 3.63) is 48.6 Å². The van der Waals surface area contributed by atoms with Crippen LogP contribution in [-0.4, -0.2) is 89.2 Å². The van der Waals surface area contributed by atoms with Crippen LogP contribution in [-0.2, 0) is 42.9 Å². The first kappa shape index (κ1) is 71.7. The molecule has 77 heavy (non-hydrogen) atoms. The predicted octanol–water partition coefficient (Wildman–Crippen LogP) is 16.6. The van der Waals surface area contributed by atoms with E-state index in [0.717, 1.165) is 103 Å². The summed E-state index contributed by atoms with van der Waals surface area (Å²) in [4.78, 5) is 51.2. The molecular formula is C65H114O12. The van der Waals surface area contributed by atoms with Crippen LogP contribution in [0.4, 0.5) is 0 Å². The Hall–Kier alpha value is -3.32.